The Kier molecular flexibility index (Phi) is 5.52. The molecular formula is C23H21N3O3. The van der Waals surface area contributed by atoms with Crippen LogP contribution < -0.4 is 11.0 Å². The van der Waals surface area contributed by atoms with E-state index in [4.69, 9.17) is 4.74 Å². The van der Waals surface area contributed by atoms with E-state index in [1.807, 2.05) is 36.4 Å². The number of aromatic amines is 1. The van der Waals surface area contributed by atoms with Gasteiger partial charge in [-0.25, -0.2) is 14.6 Å². The first-order valence-corrected chi connectivity index (χ1v) is 9.52. The van der Waals surface area contributed by atoms with E-state index in [1.54, 1.807) is 6.20 Å². The van der Waals surface area contributed by atoms with Gasteiger partial charge in [0, 0.05) is 30.4 Å². The Bertz CT molecular complexity index is 1040. The average molecular weight is 387 g/mol. The summed E-state index contributed by atoms with van der Waals surface area (Å²) in [4.78, 5) is 29.2. The number of aromatic nitrogens is 2. The first-order chi connectivity index (χ1) is 14.2. The lowest BCUT2D eigenvalue weighted by Crippen LogP contribution is -2.26. The highest BCUT2D eigenvalue weighted by molar-refractivity contribution is 5.79. The van der Waals surface area contributed by atoms with Crippen molar-refractivity contribution in [2.75, 3.05) is 13.2 Å². The van der Waals surface area contributed by atoms with E-state index < -0.39 is 6.09 Å². The van der Waals surface area contributed by atoms with Crippen molar-refractivity contribution >= 4 is 12.2 Å². The van der Waals surface area contributed by atoms with Crippen molar-refractivity contribution < 1.29 is 9.53 Å². The Morgan fingerprint density at radius 1 is 1.10 bits per heavy atom. The SMILES string of the molecule is O=C(NCCC=Cc1cnc(=O)[nH]c1)OCC1c2ccccc2-c2ccccc21. The molecule has 146 valence electrons. The Balaban J connectivity index is 1.28. The number of H-pyrrole nitrogens is 1. The molecule has 1 aliphatic rings. The molecule has 0 unspecified atom stereocenters. The first-order valence-electron chi connectivity index (χ1n) is 9.52. The van der Waals surface area contributed by atoms with E-state index in [2.05, 4.69) is 39.6 Å². The Morgan fingerprint density at radius 3 is 2.45 bits per heavy atom. The van der Waals surface area contributed by atoms with Crippen LogP contribution in [0.3, 0.4) is 0 Å². The Morgan fingerprint density at radius 2 is 1.79 bits per heavy atom. The van der Waals surface area contributed by atoms with Gasteiger partial charge < -0.3 is 15.0 Å². The zero-order chi connectivity index (χ0) is 20.1. The van der Waals surface area contributed by atoms with Gasteiger partial charge in [0.25, 0.3) is 0 Å². The van der Waals surface area contributed by atoms with E-state index in [-0.39, 0.29) is 11.6 Å². The normalized spacial score (nSPS) is 12.6. The molecule has 0 saturated carbocycles. The summed E-state index contributed by atoms with van der Waals surface area (Å²) >= 11 is 0. The van der Waals surface area contributed by atoms with E-state index >= 15 is 0 Å². The number of alkyl carbamates (subject to hydrolysis) is 1. The van der Waals surface area contributed by atoms with Crippen LogP contribution in [0.1, 0.15) is 29.0 Å². The highest BCUT2D eigenvalue weighted by atomic mass is 16.5. The first kappa shape index (κ1) is 18.7. The van der Waals surface area contributed by atoms with Crippen LogP contribution in [-0.2, 0) is 4.74 Å². The summed E-state index contributed by atoms with van der Waals surface area (Å²) in [5, 5.41) is 2.76. The zero-order valence-corrected chi connectivity index (χ0v) is 15.8. The molecule has 2 aromatic carbocycles. The molecule has 1 aromatic heterocycles. The van der Waals surface area contributed by atoms with Gasteiger partial charge in [0.2, 0.25) is 0 Å². The van der Waals surface area contributed by atoms with E-state index in [9.17, 15) is 9.59 Å². The standard InChI is InChI=1S/C23H21N3O3/c27-22-25-13-16(14-26-22)7-5-6-12-24-23(28)29-15-21-19-10-3-1-8-17(19)18-9-2-4-11-20(18)21/h1-5,7-11,13-14,21H,6,12,15H2,(H,24,28)(H,25,26,27). The second kappa shape index (κ2) is 8.56. The van der Waals surface area contributed by atoms with Gasteiger partial charge in [0.1, 0.15) is 6.61 Å². The lowest BCUT2D eigenvalue weighted by atomic mass is 9.98. The summed E-state index contributed by atoms with van der Waals surface area (Å²) in [5.41, 5.74) is 5.22. The number of carbonyl (C=O) groups excluding carboxylic acids is 1. The number of ether oxygens (including phenoxy) is 1. The van der Waals surface area contributed by atoms with Gasteiger partial charge in [-0.05, 0) is 28.7 Å². The predicted octanol–water partition coefficient (Wildman–Crippen LogP) is 3.71. The van der Waals surface area contributed by atoms with Crippen LogP contribution in [0.4, 0.5) is 4.79 Å². The van der Waals surface area contributed by atoms with Gasteiger partial charge in [-0.1, -0.05) is 60.7 Å². The third-order valence-electron chi connectivity index (χ3n) is 4.93. The molecule has 1 heterocycles. The highest BCUT2D eigenvalue weighted by Crippen LogP contribution is 2.44. The monoisotopic (exact) mass is 387 g/mol. The number of carbonyl (C=O) groups is 1. The van der Waals surface area contributed by atoms with Crippen LogP contribution in [0, 0.1) is 0 Å². The van der Waals surface area contributed by atoms with Crippen molar-refractivity contribution in [3.8, 4) is 11.1 Å². The minimum atomic E-state index is -0.425. The molecule has 1 amide bonds. The average Bonchev–Trinajstić information content (AvgIpc) is 3.07. The van der Waals surface area contributed by atoms with Crippen molar-refractivity contribution in [1.82, 2.24) is 15.3 Å². The van der Waals surface area contributed by atoms with Crippen LogP contribution in [-0.4, -0.2) is 29.2 Å². The summed E-state index contributed by atoms with van der Waals surface area (Å²) in [6.07, 6.45) is 7.04. The van der Waals surface area contributed by atoms with E-state index in [1.165, 1.54) is 28.5 Å². The van der Waals surface area contributed by atoms with Crippen LogP contribution in [0.25, 0.3) is 17.2 Å². The second-order valence-corrected chi connectivity index (χ2v) is 6.80. The lowest BCUT2D eigenvalue weighted by Gasteiger charge is -2.14. The van der Waals surface area contributed by atoms with Gasteiger partial charge in [-0.15, -0.1) is 0 Å². The van der Waals surface area contributed by atoms with Gasteiger partial charge in [0.15, 0.2) is 0 Å². The predicted molar refractivity (Wildman–Crippen MR) is 112 cm³/mol. The lowest BCUT2D eigenvalue weighted by molar-refractivity contribution is 0.143. The Hall–Kier alpha value is -3.67. The van der Waals surface area contributed by atoms with Crippen molar-refractivity contribution in [2.45, 2.75) is 12.3 Å². The number of hydrogen-bond donors (Lipinski definition) is 2. The molecule has 0 fully saturated rings. The maximum Gasteiger partial charge on any atom is 0.407 e. The molecule has 0 saturated heterocycles. The maximum absolute atomic E-state index is 12.1. The van der Waals surface area contributed by atoms with Gasteiger partial charge in [-0.3, -0.25) is 0 Å². The smallest absolute Gasteiger partial charge is 0.407 e. The number of benzene rings is 2. The van der Waals surface area contributed by atoms with Crippen molar-refractivity contribution in [3.63, 3.8) is 0 Å². The molecule has 0 spiro atoms. The summed E-state index contributed by atoms with van der Waals surface area (Å²) in [7, 11) is 0. The molecule has 0 bridgehead atoms. The summed E-state index contributed by atoms with van der Waals surface area (Å²) in [6.45, 7) is 0.767. The van der Waals surface area contributed by atoms with Crippen molar-refractivity contribution in [3.05, 3.63) is 94.2 Å². The molecule has 0 aliphatic heterocycles. The number of hydrogen-bond acceptors (Lipinski definition) is 4. The molecule has 4 rings (SSSR count). The Labute approximate surface area is 168 Å². The largest absolute Gasteiger partial charge is 0.449 e. The minimum absolute atomic E-state index is 0.0563. The second-order valence-electron chi connectivity index (χ2n) is 6.80. The molecule has 0 atom stereocenters. The van der Waals surface area contributed by atoms with Crippen LogP contribution >= 0.6 is 0 Å². The topological polar surface area (TPSA) is 84.1 Å². The van der Waals surface area contributed by atoms with Crippen LogP contribution in [0.2, 0.25) is 0 Å². The van der Waals surface area contributed by atoms with Crippen molar-refractivity contribution in [1.29, 1.82) is 0 Å². The summed E-state index contributed by atoms with van der Waals surface area (Å²) in [5.74, 6) is 0.0563. The van der Waals surface area contributed by atoms with E-state index in [0.29, 0.717) is 19.6 Å². The number of rotatable bonds is 6. The fourth-order valence-corrected chi connectivity index (χ4v) is 3.57. The van der Waals surface area contributed by atoms with Gasteiger partial charge in [0.05, 0.1) is 0 Å². The third kappa shape index (κ3) is 4.27. The molecule has 29 heavy (non-hydrogen) atoms. The van der Waals surface area contributed by atoms with E-state index in [0.717, 1.165) is 5.56 Å². The van der Waals surface area contributed by atoms with Gasteiger partial charge >= 0.3 is 11.8 Å². The van der Waals surface area contributed by atoms with Crippen molar-refractivity contribution in [2.24, 2.45) is 0 Å². The van der Waals surface area contributed by atoms with Crippen LogP contribution in [0.15, 0.2) is 71.8 Å². The molecule has 2 N–H and O–H groups in total. The number of amides is 1. The number of nitrogens with one attached hydrogen (secondary N) is 2. The quantitative estimate of drug-likeness (QED) is 0.632. The highest BCUT2D eigenvalue weighted by Gasteiger charge is 2.28. The molecular weight excluding hydrogens is 366 g/mol. The summed E-state index contributed by atoms with van der Waals surface area (Å²) < 4.78 is 5.49. The van der Waals surface area contributed by atoms with Gasteiger partial charge in [-0.2, -0.15) is 0 Å². The molecule has 0 radical (unpaired) electrons. The molecule has 6 heteroatoms. The number of nitrogens with zero attached hydrogens (tertiary/aromatic N) is 1. The fraction of sp³-hybridized carbons (Fsp3) is 0.174. The molecule has 3 aromatic rings. The fourth-order valence-electron chi connectivity index (χ4n) is 3.57. The molecule has 1 aliphatic carbocycles. The maximum atomic E-state index is 12.1. The molecule has 6 nitrogen and oxygen atoms in total. The number of fused-ring (bicyclic) bond motifs is 3. The zero-order valence-electron chi connectivity index (χ0n) is 15.8. The third-order valence-corrected chi connectivity index (χ3v) is 4.93. The van der Waals surface area contributed by atoms with Crippen LogP contribution in [0.5, 0.6) is 0 Å². The summed E-state index contributed by atoms with van der Waals surface area (Å²) in [6, 6.07) is 16.5. The minimum Gasteiger partial charge on any atom is -0.449 e.